The van der Waals surface area contributed by atoms with Crippen molar-refractivity contribution in [2.24, 2.45) is 0 Å². The van der Waals surface area contributed by atoms with Gasteiger partial charge in [0.2, 0.25) is 29.5 Å². The number of hydrogen-bond donors (Lipinski definition) is 36. The predicted octanol–water partition coefficient (Wildman–Crippen LogP) is -24.0. The lowest BCUT2D eigenvalue weighted by Crippen LogP contribution is -2.71. The summed E-state index contributed by atoms with van der Waals surface area (Å²) >= 11 is 0. The van der Waals surface area contributed by atoms with E-state index in [0.29, 0.717) is 0 Å². The molecule has 0 aromatic carbocycles. The molecule has 0 aromatic rings. The molecule has 11 fully saturated rings. The van der Waals surface area contributed by atoms with Gasteiger partial charge < -0.3 is 284 Å². The standard InChI is InChI=1S/C79H131N5O58/c1-18-40(99)51(110)56(115)72(125-18)122-15-32-44(103)52(111)57(116)73(132-32)136-61-29(12-89)130-70(38(49(61)108)83-22(5)95)140-66-54(113)42(101)26(9-86)127-76(66)123-16-33-46(105)65(59(118)75(133-33)138-63-31(14-91)129-69(37(48(63)107)82-21(4)94)135-60-28(11-88)126-68(119)36(47(60)106)81-20(3)93)139-77-67(55(114)43(102)27(10-87)128-77)141-71-39(84-23(6)96)50(109)62(30(13-90)131-71)137-74-58(117)53(112)45(104)34(134-74)17-124-79(78(120)121)7-24(97)35(80-19(2)92)64(142-79)41(100)25(98)8-85/h18,24-77,85-91,97-119H,7-17H2,1-6H3,(H,80,92)(H,81,93)(H,82,94)(H,83,95)(H,84,96)(H,120,121)/t18-,24-,25+,26+,27+,28+,29+,30+,31+,32+,33+,34+,35+,36+,37+,38+,39-,40+,41+,42+,43+,44-,45-,46+,47+,48+,49+,50+,51+,52-,53-,54-,55-,56-,57+,58+,59-,60+,61+,62+,63+,64+,65-,66-,67-,68+,69-,70-,71-,72+,73-,74-,75-,76-,77+,79+/m0/s1. The molecule has 0 spiro atoms. The molecule has 0 unspecified atom stereocenters. The Balaban J connectivity index is 0.887. The van der Waals surface area contributed by atoms with E-state index < -0.39 is 451 Å². The molecular formula is C79H131N5O58. The largest absolute Gasteiger partial charge is 0.477 e. The Bertz CT molecular complexity index is 4010. The quantitative estimate of drug-likeness (QED) is 0.0273. The number of amides is 5. The minimum atomic E-state index is -3.12. The van der Waals surface area contributed by atoms with Crippen LogP contribution in [0.5, 0.6) is 0 Å². The molecule has 820 valence electrons. The smallest absolute Gasteiger partial charge is 0.364 e. The fourth-order valence-corrected chi connectivity index (χ4v) is 18.3. The number of aliphatic hydroxyl groups excluding tert-OH is 30. The third kappa shape index (κ3) is 26.0. The van der Waals surface area contributed by atoms with Gasteiger partial charge >= 0.3 is 5.97 Å². The molecular weight excluding hydrogens is 1950 g/mol. The predicted molar refractivity (Wildman–Crippen MR) is 436 cm³/mol. The molecule has 0 bridgehead atoms. The number of aliphatic carboxylic acids is 1. The van der Waals surface area contributed by atoms with Crippen LogP contribution in [0.4, 0.5) is 0 Å². The Morgan fingerprint density at radius 1 is 0.303 bits per heavy atom. The van der Waals surface area contributed by atoms with Crippen LogP contribution in [-0.2, 0) is 128 Å². The van der Waals surface area contributed by atoms with E-state index in [1.165, 1.54) is 6.92 Å². The molecule has 0 radical (unpaired) electrons. The lowest BCUT2D eigenvalue weighted by atomic mass is 9.88. The second-order valence-electron chi connectivity index (χ2n) is 36.0. The van der Waals surface area contributed by atoms with E-state index in [9.17, 15) is 187 Å². The molecule has 11 aliphatic rings. The van der Waals surface area contributed by atoms with Gasteiger partial charge in [-0.1, -0.05) is 0 Å². The van der Waals surface area contributed by atoms with Crippen LogP contribution in [0.25, 0.3) is 0 Å². The summed E-state index contributed by atoms with van der Waals surface area (Å²) in [6.07, 6.45) is -109. The van der Waals surface area contributed by atoms with E-state index in [1.54, 1.807) is 0 Å². The zero-order chi connectivity index (χ0) is 105. The summed E-state index contributed by atoms with van der Waals surface area (Å²) in [6, 6.07) is -9.57. The van der Waals surface area contributed by atoms with Crippen LogP contribution in [0.2, 0.25) is 0 Å². The molecule has 0 saturated carbocycles. The van der Waals surface area contributed by atoms with Crippen molar-refractivity contribution in [2.75, 3.05) is 66.1 Å². The van der Waals surface area contributed by atoms with E-state index in [1.807, 2.05) is 0 Å². The van der Waals surface area contributed by atoms with E-state index >= 15 is 0 Å². The second-order valence-corrected chi connectivity index (χ2v) is 36.0. The average molecular weight is 2080 g/mol. The number of nitrogens with one attached hydrogen (secondary N) is 5. The normalized spacial score (nSPS) is 48.0. The average Bonchev–Trinajstić information content (AvgIpc) is 0.774. The SMILES string of the molecule is CC(=O)N[C@@H]1[C@H](O[C@@H]2[C@@H](O[C@@H]3[C@H](O)[C@H](O[C@H]4[C@H](O)[C@@H](NC(C)=O)[C@H](O[C@H]5[C@H](O)[C@@H](NC(C)=O)[C@H](O)O[C@@H]5CO)O[C@@H]4CO)O[C@H](CO[C@H]4O[C@H](CO)[C@@H](O)[C@H](O)[C@@H]4O[C@@H]4O[C@H](CO)[C@@H](O[C@@H]5O[C@H](CO[C@@H]6O[C@@H](C)[C@@H](O)[C@@H](O)[C@@H]6O)[C@H](O)[C@H](O)[C@H]5O)[C@H](O)[C@H]4NC(C)=O)[C@H]3O)O[C@H](CO)[C@@H](O)[C@@H]2O)O[C@H](CO)[C@@H](O[C@@H]2O[C@H](CO[C@]3(C(=O)O)C[C@H](O)[C@@H](NC(C)=O)[C@H]([C@H](O)[C@H](O)CO)O3)[C@H](O)[C@H](O)[C@H]2O)[C@@H]1O. The molecule has 5 amide bonds. The minimum absolute atomic E-state index is 0.823. The molecule has 11 heterocycles. The van der Waals surface area contributed by atoms with Gasteiger partial charge in [-0.3, -0.25) is 24.0 Å². The molecule has 0 aromatic heterocycles. The highest BCUT2D eigenvalue weighted by atomic mass is 16.8. The summed E-state index contributed by atoms with van der Waals surface area (Å²) < 4.78 is 124. The number of carbonyl (C=O) groups excluding carboxylic acids is 5. The lowest BCUT2D eigenvalue weighted by molar-refractivity contribution is -0.399. The Morgan fingerprint density at radius 3 is 1.02 bits per heavy atom. The monoisotopic (exact) mass is 2080 g/mol. The van der Waals surface area contributed by atoms with Crippen LogP contribution >= 0.6 is 0 Å². The first-order valence-electron chi connectivity index (χ1n) is 45.1. The summed E-state index contributed by atoms with van der Waals surface area (Å²) in [5.74, 6) is -9.94. The fraction of sp³-hybridized carbons (Fsp3) is 0.924. The maximum absolute atomic E-state index is 13.3. The third-order valence-corrected chi connectivity index (χ3v) is 25.9. The maximum atomic E-state index is 13.3. The Hall–Kier alpha value is -5.22. The number of hydrogen-bond acceptors (Lipinski definition) is 57. The highest BCUT2D eigenvalue weighted by molar-refractivity contribution is 5.77. The van der Waals surface area contributed by atoms with E-state index in [0.717, 1.165) is 34.6 Å². The molecule has 11 rings (SSSR count). The van der Waals surface area contributed by atoms with Crippen LogP contribution in [0.3, 0.4) is 0 Å². The van der Waals surface area contributed by atoms with E-state index in [4.69, 9.17) is 99.5 Å². The first kappa shape index (κ1) is 117. The summed E-state index contributed by atoms with van der Waals surface area (Å²) in [5, 5.41) is 360. The van der Waals surface area contributed by atoms with Gasteiger partial charge in [-0.15, -0.1) is 0 Å². The van der Waals surface area contributed by atoms with Crippen molar-refractivity contribution in [3.8, 4) is 0 Å². The molecule has 63 nitrogen and oxygen atoms in total. The zero-order valence-corrected chi connectivity index (χ0v) is 76.4. The van der Waals surface area contributed by atoms with Crippen LogP contribution < -0.4 is 26.6 Å². The number of ether oxygens (including phenoxy) is 21. The van der Waals surface area contributed by atoms with Crippen LogP contribution in [0, 0.1) is 0 Å². The Kier molecular flexibility index (Phi) is 41.7. The summed E-state index contributed by atoms with van der Waals surface area (Å²) in [4.78, 5) is 77.1. The van der Waals surface area contributed by atoms with E-state index in [2.05, 4.69) is 26.6 Å². The zero-order valence-electron chi connectivity index (χ0n) is 76.4. The molecule has 56 atom stereocenters. The fourth-order valence-electron chi connectivity index (χ4n) is 18.3. The molecule has 63 heteroatoms. The number of carbonyl (C=O) groups is 6. The Morgan fingerprint density at radius 2 is 0.613 bits per heavy atom. The van der Waals surface area contributed by atoms with Gasteiger partial charge in [-0.25, -0.2) is 4.79 Å². The third-order valence-electron chi connectivity index (χ3n) is 25.9. The van der Waals surface area contributed by atoms with Crippen LogP contribution in [0.1, 0.15) is 48.0 Å². The summed E-state index contributed by atoms with van der Waals surface area (Å²) in [7, 11) is 0. The minimum Gasteiger partial charge on any atom is -0.477 e. The van der Waals surface area contributed by atoms with Crippen molar-refractivity contribution in [1.29, 1.82) is 0 Å². The number of carboxylic acids is 1. The second kappa shape index (κ2) is 50.6. The summed E-state index contributed by atoms with van der Waals surface area (Å²) in [5.41, 5.74) is 0. The first-order valence-corrected chi connectivity index (χ1v) is 45.1. The molecule has 142 heavy (non-hydrogen) atoms. The van der Waals surface area contributed by atoms with Crippen molar-refractivity contribution in [3.63, 3.8) is 0 Å². The molecule has 0 aliphatic carbocycles. The van der Waals surface area contributed by atoms with Gasteiger partial charge in [-0.05, 0) is 6.92 Å². The topological polar surface area (TPSA) is 984 Å². The van der Waals surface area contributed by atoms with E-state index in [-0.39, 0.29) is 0 Å². The first-order chi connectivity index (χ1) is 66.9. The van der Waals surface area contributed by atoms with Gasteiger partial charge in [0.15, 0.2) is 62.9 Å². The Labute approximate surface area is 803 Å². The maximum Gasteiger partial charge on any atom is 0.364 e. The molecule has 11 saturated heterocycles. The molecule has 11 aliphatic heterocycles. The number of rotatable bonds is 38. The lowest BCUT2D eigenvalue weighted by Gasteiger charge is -2.51. The highest BCUT2D eigenvalue weighted by Crippen LogP contribution is 2.43. The summed E-state index contributed by atoms with van der Waals surface area (Å²) in [6.45, 7) is -5.92. The van der Waals surface area contributed by atoms with Crippen molar-refractivity contribution in [3.05, 3.63) is 0 Å². The highest BCUT2D eigenvalue weighted by Gasteiger charge is 2.64. The van der Waals surface area contributed by atoms with Crippen molar-refractivity contribution >= 4 is 35.5 Å². The van der Waals surface area contributed by atoms with Gasteiger partial charge in [0.05, 0.1) is 84.3 Å². The van der Waals surface area contributed by atoms with Crippen LogP contribution in [0.15, 0.2) is 0 Å². The van der Waals surface area contributed by atoms with Gasteiger partial charge in [0.1, 0.15) is 256 Å². The van der Waals surface area contributed by atoms with Gasteiger partial charge in [-0.2, -0.15) is 0 Å². The number of aliphatic hydroxyl groups is 30. The van der Waals surface area contributed by atoms with Crippen molar-refractivity contribution in [2.45, 2.75) is 391 Å². The van der Waals surface area contributed by atoms with Crippen LogP contribution in [-0.4, -0.2) is 603 Å². The van der Waals surface area contributed by atoms with Crippen molar-refractivity contribution in [1.82, 2.24) is 26.6 Å². The van der Waals surface area contributed by atoms with Gasteiger partial charge in [0.25, 0.3) is 5.79 Å². The number of carboxylic acid groups (broad SMARTS) is 1. The molecule has 36 N–H and O–H groups in total. The van der Waals surface area contributed by atoms with Crippen molar-refractivity contribution < 1.29 is 287 Å². The van der Waals surface area contributed by atoms with Gasteiger partial charge in [0, 0.05) is 41.0 Å².